The first-order chi connectivity index (χ1) is 16.2. The second-order valence-electron chi connectivity index (χ2n) is 7.60. The molecule has 0 aliphatic carbocycles. The first-order valence-corrected chi connectivity index (χ1v) is 11.7. The quantitative estimate of drug-likeness (QED) is 0.182. The third kappa shape index (κ3) is 7.72. The van der Waals surface area contributed by atoms with E-state index in [1.807, 2.05) is 39.0 Å². The molecule has 182 valence electrons. The van der Waals surface area contributed by atoms with Gasteiger partial charge in [-0.15, -0.1) is 0 Å². The van der Waals surface area contributed by atoms with E-state index in [0.29, 0.717) is 27.1 Å². The molecule has 0 bridgehead atoms. The van der Waals surface area contributed by atoms with Crippen molar-refractivity contribution in [2.24, 2.45) is 5.10 Å². The lowest BCUT2D eigenvalue weighted by atomic mass is 10.1. The topological polar surface area (TPSA) is 118 Å². The Morgan fingerprint density at radius 1 is 1.18 bits per heavy atom. The number of aryl methyl sites for hydroxylation is 1. The van der Waals surface area contributed by atoms with Gasteiger partial charge in [0.25, 0.3) is 5.91 Å². The van der Waals surface area contributed by atoms with Crippen LogP contribution in [0.5, 0.6) is 11.5 Å². The number of anilines is 1. The van der Waals surface area contributed by atoms with Gasteiger partial charge in [0.15, 0.2) is 18.1 Å². The molecule has 0 heterocycles. The summed E-state index contributed by atoms with van der Waals surface area (Å²) < 4.78 is 11.8. The van der Waals surface area contributed by atoms with Crippen molar-refractivity contribution in [1.82, 2.24) is 10.7 Å². The summed E-state index contributed by atoms with van der Waals surface area (Å²) in [6.45, 7) is 7.43. The van der Waals surface area contributed by atoms with E-state index in [2.05, 4.69) is 43.8 Å². The number of nitrogens with one attached hydrogen (secondary N) is 3. The van der Waals surface area contributed by atoms with Crippen molar-refractivity contribution in [3.05, 3.63) is 50.6 Å². The molecule has 3 N–H and O–H groups in total. The summed E-state index contributed by atoms with van der Waals surface area (Å²) in [6, 6.07) is 8.98. The second kappa shape index (κ2) is 12.9. The van der Waals surface area contributed by atoms with Gasteiger partial charge in [-0.3, -0.25) is 14.4 Å². The van der Waals surface area contributed by atoms with Gasteiger partial charge in [-0.2, -0.15) is 5.10 Å². The van der Waals surface area contributed by atoms with Gasteiger partial charge in [-0.05, 0) is 84.7 Å². The van der Waals surface area contributed by atoms with E-state index >= 15 is 0 Å². The number of ether oxygens (including phenoxy) is 2. The number of carbonyl (C=O) groups is 3. The van der Waals surface area contributed by atoms with Crippen LogP contribution in [0.4, 0.5) is 5.69 Å². The Kier molecular flexibility index (Phi) is 10.3. The van der Waals surface area contributed by atoms with Crippen LogP contribution in [-0.4, -0.2) is 43.7 Å². The van der Waals surface area contributed by atoms with Gasteiger partial charge in [0.05, 0.1) is 16.9 Å². The van der Waals surface area contributed by atoms with Crippen molar-refractivity contribution in [3.63, 3.8) is 0 Å². The Hall–Kier alpha value is -3.15. The molecule has 2 aromatic rings. The molecule has 0 saturated heterocycles. The molecule has 0 unspecified atom stereocenters. The molecule has 3 amide bonds. The third-order valence-electron chi connectivity index (χ3n) is 5.05. The number of hydrogen-bond donors (Lipinski definition) is 3. The minimum atomic E-state index is -0.854. The highest BCUT2D eigenvalue weighted by atomic mass is 127. The fraction of sp³-hybridized carbons (Fsp3) is 0.333. The number of halogens is 1. The Balaban J connectivity index is 2.01. The van der Waals surface area contributed by atoms with Gasteiger partial charge in [0.2, 0.25) is 0 Å². The highest BCUT2D eigenvalue weighted by Crippen LogP contribution is 2.33. The number of carbonyl (C=O) groups excluding carboxylic acids is 3. The molecular formula is C24H29IN4O5. The fourth-order valence-electron chi connectivity index (χ4n) is 2.77. The fourth-order valence-corrected chi connectivity index (χ4v) is 3.55. The molecule has 0 radical (unpaired) electrons. The summed E-state index contributed by atoms with van der Waals surface area (Å²) in [5, 5.41) is 9.24. The SMILES string of the molecule is CC[C@H](C)NC(=O)C(=O)N/N=C\c1cc(I)c(OCC(=O)Nc2cccc(C)c2C)c(OC)c1. The van der Waals surface area contributed by atoms with Crippen molar-refractivity contribution in [2.45, 2.75) is 40.2 Å². The van der Waals surface area contributed by atoms with E-state index in [0.717, 1.165) is 16.8 Å². The summed E-state index contributed by atoms with van der Waals surface area (Å²) in [5.74, 6) is -1.09. The molecule has 0 fully saturated rings. The number of rotatable bonds is 9. The van der Waals surface area contributed by atoms with E-state index in [4.69, 9.17) is 9.47 Å². The number of amides is 3. The van der Waals surface area contributed by atoms with Crippen molar-refractivity contribution >= 4 is 52.2 Å². The van der Waals surface area contributed by atoms with Gasteiger partial charge in [-0.25, -0.2) is 5.43 Å². The van der Waals surface area contributed by atoms with Gasteiger partial charge in [0, 0.05) is 11.7 Å². The van der Waals surface area contributed by atoms with E-state index in [9.17, 15) is 14.4 Å². The van der Waals surface area contributed by atoms with Crippen LogP contribution < -0.4 is 25.5 Å². The minimum absolute atomic E-state index is 0.108. The molecule has 0 aromatic heterocycles. The molecule has 1 atom stereocenters. The molecule has 0 aliphatic rings. The number of nitrogens with zero attached hydrogens (tertiary/aromatic N) is 1. The minimum Gasteiger partial charge on any atom is -0.493 e. The van der Waals surface area contributed by atoms with Crippen LogP contribution in [0, 0.1) is 17.4 Å². The summed E-state index contributed by atoms with van der Waals surface area (Å²) in [4.78, 5) is 36.0. The molecular weight excluding hydrogens is 551 g/mol. The summed E-state index contributed by atoms with van der Waals surface area (Å²) in [6.07, 6.45) is 2.10. The zero-order valence-electron chi connectivity index (χ0n) is 19.8. The molecule has 10 heteroatoms. The van der Waals surface area contributed by atoms with Gasteiger partial charge < -0.3 is 20.1 Å². The first kappa shape index (κ1) is 27.1. The van der Waals surface area contributed by atoms with E-state index in [1.54, 1.807) is 19.1 Å². The summed E-state index contributed by atoms with van der Waals surface area (Å²) in [7, 11) is 1.48. The monoisotopic (exact) mass is 580 g/mol. The van der Waals surface area contributed by atoms with Crippen LogP contribution in [0.3, 0.4) is 0 Å². The average Bonchev–Trinajstić information content (AvgIpc) is 2.80. The Morgan fingerprint density at radius 2 is 1.91 bits per heavy atom. The maximum Gasteiger partial charge on any atom is 0.329 e. The molecule has 9 nitrogen and oxygen atoms in total. The predicted molar refractivity (Wildman–Crippen MR) is 139 cm³/mol. The zero-order valence-corrected chi connectivity index (χ0v) is 22.0. The highest BCUT2D eigenvalue weighted by molar-refractivity contribution is 14.1. The lowest BCUT2D eigenvalue weighted by Gasteiger charge is -2.14. The molecule has 0 saturated carbocycles. The molecule has 2 rings (SSSR count). The average molecular weight is 580 g/mol. The number of benzene rings is 2. The predicted octanol–water partition coefficient (Wildman–Crippen LogP) is 3.30. The number of hydrogen-bond acceptors (Lipinski definition) is 6. The van der Waals surface area contributed by atoms with Gasteiger partial charge in [0.1, 0.15) is 0 Å². The Morgan fingerprint density at radius 3 is 2.59 bits per heavy atom. The van der Waals surface area contributed by atoms with Crippen molar-refractivity contribution < 1.29 is 23.9 Å². The standard InChI is InChI=1S/C24H29IN4O5/c1-6-15(3)27-23(31)24(32)29-26-12-17-10-18(25)22(20(11-17)33-5)34-13-21(30)28-19-9-7-8-14(2)16(19)4/h7-12,15H,6,13H2,1-5H3,(H,27,31)(H,28,30)(H,29,32)/b26-12-/t15-/m0/s1. The zero-order chi connectivity index (χ0) is 25.3. The second-order valence-corrected chi connectivity index (χ2v) is 8.76. The van der Waals surface area contributed by atoms with Crippen LogP contribution in [0.15, 0.2) is 35.4 Å². The maximum atomic E-state index is 12.4. The number of methoxy groups -OCH3 is 1. The first-order valence-electron chi connectivity index (χ1n) is 10.7. The van der Waals surface area contributed by atoms with Crippen LogP contribution in [0.25, 0.3) is 0 Å². The summed E-state index contributed by atoms with van der Waals surface area (Å²) >= 11 is 2.06. The van der Waals surface area contributed by atoms with E-state index < -0.39 is 11.8 Å². The van der Waals surface area contributed by atoms with E-state index in [1.165, 1.54) is 13.3 Å². The normalized spacial score (nSPS) is 11.6. The molecule has 0 aliphatic heterocycles. The molecule has 2 aromatic carbocycles. The van der Waals surface area contributed by atoms with Crippen molar-refractivity contribution in [3.8, 4) is 11.5 Å². The van der Waals surface area contributed by atoms with Crippen molar-refractivity contribution in [1.29, 1.82) is 0 Å². The van der Waals surface area contributed by atoms with Gasteiger partial charge in [-0.1, -0.05) is 19.1 Å². The number of hydrazone groups is 1. The van der Waals surface area contributed by atoms with Crippen LogP contribution in [0.1, 0.15) is 37.0 Å². The lowest BCUT2D eigenvalue weighted by molar-refractivity contribution is -0.139. The molecule has 34 heavy (non-hydrogen) atoms. The highest BCUT2D eigenvalue weighted by Gasteiger charge is 2.16. The summed E-state index contributed by atoms with van der Waals surface area (Å²) in [5.41, 5.74) is 5.62. The molecule has 0 spiro atoms. The Labute approximate surface area is 212 Å². The van der Waals surface area contributed by atoms with Crippen LogP contribution in [-0.2, 0) is 14.4 Å². The largest absolute Gasteiger partial charge is 0.493 e. The van der Waals surface area contributed by atoms with Gasteiger partial charge >= 0.3 is 11.8 Å². The van der Waals surface area contributed by atoms with Crippen LogP contribution in [0.2, 0.25) is 0 Å². The Bertz CT molecular complexity index is 1090. The third-order valence-corrected chi connectivity index (χ3v) is 5.86. The van der Waals surface area contributed by atoms with Crippen molar-refractivity contribution in [2.75, 3.05) is 19.0 Å². The van der Waals surface area contributed by atoms with Crippen LogP contribution >= 0.6 is 22.6 Å². The van der Waals surface area contributed by atoms with E-state index in [-0.39, 0.29) is 18.6 Å². The smallest absolute Gasteiger partial charge is 0.329 e. The maximum absolute atomic E-state index is 12.4. The lowest BCUT2D eigenvalue weighted by Crippen LogP contribution is -2.41.